The highest BCUT2D eigenvalue weighted by Crippen LogP contribution is 2.25. The Labute approximate surface area is 173 Å². The van der Waals surface area contributed by atoms with Crippen molar-refractivity contribution in [2.45, 2.75) is 33.2 Å². The van der Waals surface area contributed by atoms with Crippen molar-refractivity contribution >= 4 is 39.5 Å². The Morgan fingerprint density at radius 1 is 1.15 bits per heavy atom. The van der Waals surface area contributed by atoms with E-state index in [9.17, 15) is 4.79 Å². The summed E-state index contributed by atoms with van der Waals surface area (Å²) >= 11 is 2.25. The van der Waals surface area contributed by atoms with Crippen LogP contribution < -0.4 is 0 Å². The third kappa shape index (κ3) is 3.74. The van der Waals surface area contributed by atoms with E-state index in [1.165, 1.54) is 16.6 Å². The first-order valence-corrected chi connectivity index (χ1v) is 10.6. The molecule has 4 nitrogen and oxygen atoms in total. The Morgan fingerprint density at radius 2 is 1.85 bits per heavy atom. The van der Waals surface area contributed by atoms with E-state index < -0.39 is 0 Å². The first kappa shape index (κ1) is 18.5. The molecular formula is C22H24IN3O. The van der Waals surface area contributed by atoms with Crippen LogP contribution in [0.25, 0.3) is 11.0 Å². The predicted molar refractivity (Wildman–Crippen MR) is 117 cm³/mol. The van der Waals surface area contributed by atoms with Crippen LogP contribution in [0.5, 0.6) is 0 Å². The number of carbonyl (C=O) groups excluding carboxylic acids is 1. The number of rotatable bonds is 3. The normalized spacial score (nSPS) is 15.4. The van der Waals surface area contributed by atoms with Gasteiger partial charge in [-0.15, -0.1) is 0 Å². The number of hydrogen-bond acceptors (Lipinski definition) is 2. The molecule has 1 saturated heterocycles. The zero-order valence-corrected chi connectivity index (χ0v) is 17.9. The molecule has 1 fully saturated rings. The minimum absolute atomic E-state index is 0.164. The van der Waals surface area contributed by atoms with Gasteiger partial charge in [0.05, 0.1) is 22.9 Å². The highest BCUT2D eigenvalue weighted by Gasteiger charge is 2.25. The summed E-state index contributed by atoms with van der Waals surface area (Å²) < 4.78 is 3.31. The van der Waals surface area contributed by atoms with Crippen molar-refractivity contribution in [1.29, 1.82) is 0 Å². The lowest BCUT2D eigenvalue weighted by molar-refractivity contribution is 0.0682. The first-order valence-electron chi connectivity index (χ1n) is 9.49. The fourth-order valence-electron chi connectivity index (χ4n) is 3.86. The van der Waals surface area contributed by atoms with Crippen molar-refractivity contribution in [3.63, 3.8) is 0 Å². The SMILES string of the molecule is Cc1cc2ncn(CC3CCN(C(=O)c4ccccc4I)CC3)c2cc1C. The number of hydrogen-bond donors (Lipinski definition) is 0. The van der Waals surface area contributed by atoms with Crippen molar-refractivity contribution < 1.29 is 4.79 Å². The summed E-state index contributed by atoms with van der Waals surface area (Å²) in [4.78, 5) is 19.4. The molecule has 1 amide bonds. The number of benzene rings is 2. The topological polar surface area (TPSA) is 38.1 Å². The molecule has 140 valence electrons. The highest BCUT2D eigenvalue weighted by atomic mass is 127. The van der Waals surface area contributed by atoms with Crippen molar-refractivity contribution in [2.75, 3.05) is 13.1 Å². The quantitative estimate of drug-likeness (QED) is 0.513. The van der Waals surface area contributed by atoms with Crippen LogP contribution in [0.2, 0.25) is 0 Å². The van der Waals surface area contributed by atoms with Crippen LogP contribution >= 0.6 is 22.6 Å². The molecule has 1 aliphatic rings. The van der Waals surface area contributed by atoms with E-state index in [2.05, 4.69) is 58.1 Å². The van der Waals surface area contributed by atoms with E-state index in [4.69, 9.17) is 0 Å². The van der Waals surface area contributed by atoms with Gasteiger partial charge in [0.1, 0.15) is 0 Å². The lowest BCUT2D eigenvalue weighted by atomic mass is 9.96. The Morgan fingerprint density at radius 3 is 2.59 bits per heavy atom. The molecule has 5 heteroatoms. The number of halogens is 1. The van der Waals surface area contributed by atoms with E-state index in [-0.39, 0.29) is 5.91 Å². The molecule has 27 heavy (non-hydrogen) atoms. The summed E-state index contributed by atoms with van der Waals surface area (Å²) in [6, 6.07) is 12.3. The van der Waals surface area contributed by atoms with E-state index >= 15 is 0 Å². The van der Waals surface area contributed by atoms with Crippen LogP contribution in [-0.2, 0) is 6.54 Å². The molecule has 0 radical (unpaired) electrons. The number of aromatic nitrogens is 2. The molecule has 2 heterocycles. The van der Waals surface area contributed by atoms with Crippen molar-refractivity contribution in [1.82, 2.24) is 14.5 Å². The van der Waals surface area contributed by atoms with Gasteiger partial charge in [-0.3, -0.25) is 4.79 Å². The number of likely N-dealkylation sites (tertiary alicyclic amines) is 1. The maximum Gasteiger partial charge on any atom is 0.254 e. The lowest BCUT2D eigenvalue weighted by Crippen LogP contribution is -2.39. The van der Waals surface area contributed by atoms with E-state index in [0.717, 1.165) is 47.1 Å². The zero-order valence-electron chi connectivity index (χ0n) is 15.8. The monoisotopic (exact) mass is 473 g/mol. The van der Waals surface area contributed by atoms with Crippen LogP contribution in [0.3, 0.4) is 0 Å². The Kier molecular flexibility index (Phi) is 5.21. The average molecular weight is 473 g/mol. The number of nitrogens with zero attached hydrogens (tertiary/aromatic N) is 3. The third-order valence-corrected chi connectivity index (χ3v) is 6.64. The fraction of sp³-hybridized carbons (Fsp3) is 0.364. The number of imidazole rings is 1. The average Bonchev–Trinajstić information content (AvgIpc) is 3.04. The van der Waals surface area contributed by atoms with Crippen LogP contribution in [0.1, 0.15) is 34.3 Å². The molecule has 0 aliphatic carbocycles. The van der Waals surface area contributed by atoms with Crippen LogP contribution in [0.15, 0.2) is 42.7 Å². The standard InChI is InChI=1S/C22H24IN3O/c1-15-11-20-21(12-16(15)2)26(14-24-20)13-17-7-9-25(10-8-17)22(27)18-5-3-4-6-19(18)23/h3-6,11-12,14,17H,7-10,13H2,1-2H3. The lowest BCUT2D eigenvalue weighted by Gasteiger charge is -2.32. The Balaban J connectivity index is 1.42. The van der Waals surface area contributed by atoms with Gasteiger partial charge in [-0.1, -0.05) is 12.1 Å². The Bertz CT molecular complexity index is 986. The number of piperidine rings is 1. The molecule has 4 rings (SSSR count). The molecule has 0 unspecified atom stereocenters. The molecule has 0 atom stereocenters. The third-order valence-electron chi connectivity index (χ3n) is 5.70. The van der Waals surface area contributed by atoms with Gasteiger partial charge in [0.2, 0.25) is 0 Å². The molecule has 0 bridgehead atoms. The predicted octanol–water partition coefficient (Wildman–Crippen LogP) is 4.81. The second kappa shape index (κ2) is 7.62. The van der Waals surface area contributed by atoms with Gasteiger partial charge < -0.3 is 9.47 Å². The van der Waals surface area contributed by atoms with Gasteiger partial charge in [0, 0.05) is 23.2 Å². The van der Waals surface area contributed by atoms with Crippen molar-refractivity contribution in [2.24, 2.45) is 5.92 Å². The van der Waals surface area contributed by atoms with E-state index in [1.807, 2.05) is 35.5 Å². The second-order valence-electron chi connectivity index (χ2n) is 7.54. The molecule has 1 aromatic heterocycles. The summed E-state index contributed by atoms with van der Waals surface area (Å²) in [6.45, 7) is 6.93. The largest absolute Gasteiger partial charge is 0.339 e. The van der Waals surface area contributed by atoms with Crippen molar-refractivity contribution in [3.05, 3.63) is 63.0 Å². The van der Waals surface area contributed by atoms with E-state index in [1.54, 1.807) is 0 Å². The molecule has 0 saturated carbocycles. The number of fused-ring (bicyclic) bond motifs is 1. The van der Waals surface area contributed by atoms with Gasteiger partial charge in [-0.2, -0.15) is 0 Å². The van der Waals surface area contributed by atoms with Crippen LogP contribution in [-0.4, -0.2) is 33.4 Å². The Hall–Kier alpha value is -1.89. The van der Waals surface area contributed by atoms with Gasteiger partial charge in [-0.25, -0.2) is 4.98 Å². The highest BCUT2D eigenvalue weighted by molar-refractivity contribution is 14.1. The van der Waals surface area contributed by atoms with Gasteiger partial charge in [0.25, 0.3) is 5.91 Å². The molecule has 0 N–H and O–H groups in total. The molecule has 0 spiro atoms. The second-order valence-corrected chi connectivity index (χ2v) is 8.70. The molecule has 2 aromatic carbocycles. The summed E-state index contributed by atoms with van der Waals surface area (Å²) in [5, 5.41) is 0. The maximum atomic E-state index is 12.8. The van der Waals surface area contributed by atoms with Gasteiger partial charge in [-0.05, 0) is 90.6 Å². The maximum absolute atomic E-state index is 12.8. The van der Waals surface area contributed by atoms with Crippen molar-refractivity contribution in [3.8, 4) is 0 Å². The van der Waals surface area contributed by atoms with Gasteiger partial charge >= 0.3 is 0 Å². The first-order chi connectivity index (χ1) is 13.0. The minimum Gasteiger partial charge on any atom is -0.339 e. The smallest absolute Gasteiger partial charge is 0.254 e. The van der Waals surface area contributed by atoms with E-state index in [0.29, 0.717) is 5.92 Å². The molecule has 1 aliphatic heterocycles. The summed E-state index contributed by atoms with van der Waals surface area (Å²) in [5.41, 5.74) is 5.71. The van der Waals surface area contributed by atoms with Gasteiger partial charge in [0.15, 0.2) is 0 Å². The van der Waals surface area contributed by atoms with Crippen LogP contribution in [0, 0.1) is 23.3 Å². The summed E-state index contributed by atoms with van der Waals surface area (Å²) in [7, 11) is 0. The fourth-order valence-corrected chi connectivity index (χ4v) is 4.48. The summed E-state index contributed by atoms with van der Waals surface area (Å²) in [6.07, 6.45) is 4.05. The van der Waals surface area contributed by atoms with Crippen LogP contribution in [0.4, 0.5) is 0 Å². The minimum atomic E-state index is 0.164. The zero-order chi connectivity index (χ0) is 19.0. The summed E-state index contributed by atoms with van der Waals surface area (Å²) in [5.74, 6) is 0.750. The molecular weight excluding hydrogens is 449 g/mol. The number of amides is 1. The number of carbonyl (C=O) groups is 1. The number of aryl methyl sites for hydroxylation is 2. The molecule has 3 aromatic rings.